The zero-order valence-corrected chi connectivity index (χ0v) is 25.6. The summed E-state index contributed by atoms with van der Waals surface area (Å²) in [6.45, 7) is -2.62. The first-order valence-electron chi connectivity index (χ1n) is 14.1. The van der Waals surface area contributed by atoms with Gasteiger partial charge in [0, 0.05) is 24.2 Å². The number of anilines is 1. The van der Waals surface area contributed by atoms with E-state index in [0.29, 0.717) is 36.4 Å². The van der Waals surface area contributed by atoms with E-state index in [4.69, 9.17) is 5.73 Å². The van der Waals surface area contributed by atoms with Gasteiger partial charge in [0.15, 0.2) is 9.84 Å². The summed E-state index contributed by atoms with van der Waals surface area (Å²) >= 11 is 0. The zero-order valence-electron chi connectivity index (χ0n) is 24.7. The Balaban J connectivity index is 1.59. The molecule has 0 aliphatic carbocycles. The van der Waals surface area contributed by atoms with Gasteiger partial charge in [-0.2, -0.15) is 31.3 Å². The minimum Gasteiger partial charge on any atom is -0.367 e. The number of ether oxygens (including phenoxy) is 1. The summed E-state index contributed by atoms with van der Waals surface area (Å²) in [4.78, 5) is 17.6. The number of aromatic nitrogens is 3. The average molecular weight is 722 g/mol. The second kappa shape index (κ2) is 12.7. The van der Waals surface area contributed by atoms with Gasteiger partial charge >= 0.3 is 12.4 Å². The van der Waals surface area contributed by atoms with Crippen molar-refractivity contribution in [2.75, 3.05) is 18.8 Å². The maximum Gasteiger partial charge on any atom is 0.430 e. The number of amides is 1. The van der Waals surface area contributed by atoms with Crippen molar-refractivity contribution in [1.29, 1.82) is 0 Å². The number of nitrogens with zero attached hydrogens (tertiary/aromatic N) is 3. The number of H-pyrrole nitrogens is 1. The molecule has 0 spiro atoms. The summed E-state index contributed by atoms with van der Waals surface area (Å²) in [5, 5.41) is 6.02. The van der Waals surface area contributed by atoms with Crippen molar-refractivity contribution in [3.63, 3.8) is 0 Å². The van der Waals surface area contributed by atoms with Gasteiger partial charge < -0.3 is 15.4 Å². The van der Waals surface area contributed by atoms with Crippen LogP contribution in [-0.4, -0.2) is 59.8 Å². The zero-order chi connectivity index (χ0) is 36.0. The normalized spacial score (nSPS) is 17.4. The van der Waals surface area contributed by atoms with E-state index in [2.05, 4.69) is 19.9 Å². The van der Waals surface area contributed by atoms with Gasteiger partial charge in [-0.1, -0.05) is 30.3 Å². The summed E-state index contributed by atoms with van der Waals surface area (Å²) < 4.78 is 159. The van der Waals surface area contributed by atoms with Crippen molar-refractivity contribution < 1.29 is 57.5 Å². The molecule has 9 nitrogen and oxygen atoms in total. The van der Waals surface area contributed by atoms with E-state index in [1.54, 1.807) is 0 Å². The molecule has 1 atom stereocenters. The number of hydrogen-bond acceptors (Lipinski definition) is 7. The summed E-state index contributed by atoms with van der Waals surface area (Å²) in [7, 11) is -4.64. The molecular formula is C30H24F9N5O4S. The first kappa shape index (κ1) is 35.7. The SMILES string of the molecule is Nc1n[nH]c(CC(=O)N2CCC(c3ccc(C(OCc4c(F)cccc4F)(C(F)(F)F)C(F)(F)F)cc3)(S(=O)(=O)c3ccc(F)cc3)C2)n1. The number of alkyl halides is 6. The first-order valence-corrected chi connectivity index (χ1v) is 15.6. The van der Waals surface area contributed by atoms with E-state index in [1.165, 1.54) is 0 Å². The molecule has 5 rings (SSSR count). The molecule has 1 aliphatic rings. The third kappa shape index (κ3) is 6.31. The molecule has 3 aromatic carbocycles. The van der Waals surface area contributed by atoms with Crippen LogP contribution < -0.4 is 5.73 Å². The highest BCUT2D eigenvalue weighted by atomic mass is 32.2. The van der Waals surface area contributed by atoms with Crippen LogP contribution in [0.2, 0.25) is 0 Å². The lowest BCUT2D eigenvalue weighted by atomic mass is 9.88. The Morgan fingerprint density at radius 2 is 1.51 bits per heavy atom. The highest BCUT2D eigenvalue weighted by Gasteiger charge is 2.73. The molecule has 2 heterocycles. The number of carbonyl (C=O) groups excluding carboxylic acids is 1. The van der Waals surface area contributed by atoms with E-state index in [9.17, 15) is 52.7 Å². The van der Waals surface area contributed by atoms with Crippen LogP contribution in [0.25, 0.3) is 0 Å². The number of carbonyl (C=O) groups is 1. The summed E-state index contributed by atoms with van der Waals surface area (Å²) in [5.41, 5.74) is -2.74. The maximum atomic E-state index is 14.5. The number of nitrogen functional groups attached to an aromatic ring is 1. The number of hydrogen-bond donors (Lipinski definition) is 2. The van der Waals surface area contributed by atoms with Crippen LogP contribution in [0.4, 0.5) is 45.5 Å². The number of nitrogens with two attached hydrogens (primary N) is 1. The fourth-order valence-electron chi connectivity index (χ4n) is 5.68. The van der Waals surface area contributed by atoms with Crippen LogP contribution in [-0.2, 0) is 42.7 Å². The maximum absolute atomic E-state index is 14.5. The Labute approximate surface area is 271 Å². The molecule has 262 valence electrons. The largest absolute Gasteiger partial charge is 0.430 e. The van der Waals surface area contributed by atoms with Gasteiger partial charge in [-0.25, -0.2) is 21.6 Å². The average Bonchev–Trinajstić information content (AvgIpc) is 3.65. The van der Waals surface area contributed by atoms with Gasteiger partial charge in [0.25, 0.3) is 5.60 Å². The third-order valence-electron chi connectivity index (χ3n) is 8.20. The molecule has 49 heavy (non-hydrogen) atoms. The molecular weight excluding hydrogens is 697 g/mol. The standard InChI is InChI=1S/C30H24F9N5O4S/c31-19-8-10-20(11-9-19)49(46,47)27(12-13-44(16-27)25(45)14-24-41-26(40)43-42-24)17-4-6-18(7-5-17)28(29(34,35)36,30(37,38)39)48-15-21-22(32)2-1-3-23(21)33/h1-11H,12-16H2,(H3,40,41,42,43). The predicted molar refractivity (Wildman–Crippen MR) is 152 cm³/mol. The number of halogens is 9. The highest BCUT2D eigenvalue weighted by Crippen LogP contribution is 2.54. The van der Waals surface area contributed by atoms with Gasteiger partial charge in [-0.15, -0.1) is 5.10 Å². The number of aromatic amines is 1. The first-order chi connectivity index (χ1) is 22.8. The quantitative estimate of drug-likeness (QED) is 0.173. The van der Waals surface area contributed by atoms with Crippen LogP contribution in [0.5, 0.6) is 0 Å². The minimum absolute atomic E-state index is 0.0386. The summed E-state index contributed by atoms with van der Waals surface area (Å²) in [6, 6.07) is 7.74. The van der Waals surface area contributed by atoms with Crippen LogP contribution >= 0.6 is 0 Å². The molecule has 19 heteroatoms. The number of benzene rings is 3. The number of likely N-dealkylation sites (tertiary alicyclic amines) is 1. The Morgan fingerprint density at radius 3 is 2.04 bits per heavy atom. The lowest BCUT2D eigenvalue weighted by Crippen LogP contribution is -2.56. The van der Waals surface area contributed by atoms with Crippen LogP contribution in [0.1, 0.15) is 28.9 Å². The molecule has 3 N–H and O–H groups in total. The smallest absolute Gasteiger partial charge is 0.367 e. The number of rotatable bonds is 9. The van der Waals surface area contributed by atoms with E-state index in [0.717, 1.165) is 35.2 Å². The van der Waals surface area contributed by atoms with Gasteiger partial charge in [0.05, 0.1) is 17.9 Å². The molecule has 1 aromatic heterocycles. The lowest BCUT2D eigenvalue weighted by Gasteiger charge is -2.38. The van der Waals surface area contributed by atoms with Crippen molar-refractivity contribution in [2.45, 2.75) is 47.0 Å². The molecule has 0 bridgehead atoms. The molecule has 0 saturated carbocycles. The summed E-state index contributed by atoms with van der Waals surface area (Å²) in [5.74, 6) is -4.49. The van der Waals surface area contributed by atoms with Crippen molar-refractivity contribution in [2.24, 2.45) is 0 Å². The van der Waals surface area contributed by atoms with Gasteiger partial charge in [-0.05, 0) is 48.4 Å². The van der Waals surface area contributed by atoms with Gasteiger partial charge in [0.2, 0.25) is 11.9 Å². The molecule has 0 radical (unpaired) electrons. The predicted octanol–water partition coefficient (Wildman–Crippen LogP) is 5.49. The number of sulfone groups is 1. The Bertz CT molecular complexity index is 1920. The summed E-state index contributed by atoms with van der Waals surface area (Å²) in [6.07, 6.45) is -13.3. The second-order valence-electron chi connectivity index (χ2n) is 11.1. The Hall–Kier alpha value is -4.65. The van der Waals surface area contributed by atoms with E-state index in [1.807, 2.05) is 0 Å². The van der Waals surface area contributed by atoms with Crippen molar-refractivity contribution in [1.82, 2.24) is 20.1 Å². The molecule has 1 aliphatic heterocycles. The van der Waals surface area contributed by atoms with E-state index < -0.39 is 91.5 Å². The van der Waals surface area contributed by atoms with Gasteiger partial charge in [0.1, 0.15) is 28.0 Å². The Kier molecular flexibility index (Phi) is 9.22. The van der Waals surface area contributed by atoms with E-state index >= 15 is 0 Å². The second-order valence-corrected chi connectivity index (χ2v) is 13.3. The molecule has 1 unspecified atom stereocenters. The molecule has 4 aromatic rings. The Morgan fingerprint density at radius 1 is 0.918 bits per heavy atom. The monoisotopic (exact) mass is 721 g/mol. The van der Waals surface area contributed by atoms with Crippen molar-refractivity contribution in [3.05, 3.63) is 107 Å². The van der Waals surface area contributed by atoms with Gasteiger partial charge in [-0.3, -0.25) is 9.89 Å². The van der Waals surface area contributed by atoms with Crippen LogP contribution in [0.3, 0.4) is 0 Å². The van der Waals surface area contributed by atoms with Crippen LogP contribution in [0.15, 0.2) is 71.6 Å². The minimum atomic E-state index is -6.24. The molecule has 1 saturated heterocycles. The lowest BCUT2D eigenvalue weighted by molar-refractivity contribution is -0.392. The molecule has 1 fully saturated rings. The number of nitrogens with one attached hydrogen (secondary N) is 1. The highest BCUT2D eigenvalue weighted by molar-refractivity contribution is 7.92. The molecule has 1 amide bonds. The van der Waals surface area contributed by atoms with E-state index in [-0.39, 0.29) is 30.3 Å². The van der Waals surface area contributed by atoms with Crippen LogP contribution in [0, 0.1) is 17.5 Å². The fraction of sp³-hybridized carbons (Fsp3) is 0.300. The van der Waals surface area contributed by atoms with Crippen molar-refractivity contribution in [3.8, 4) is 0 Å². The van der Waals surface area contributed by atoms with Crippen molar-refractivity contribution >= 4 is 21.7 Å². The topological polar surface area (TPSA) is 131 Å². The third-order valence-corrected chi connectivity index (χ3v) is 10.7. The fourth-order valence-corrected chi connectivity index (χ4v) is 7.76.